The Balaban J connectivity index is 0.00000225. The maximum atomic E-state index is 5.18. The maximum Gasteiger partial charge on any atom is 0.194 e. The van der Waals surface area contributed by atoms with Crippen LogP contribution in [0.5, 0.6) is 0 Å². The summed E-state index contributed by atoms with van der Waals surface area (Å²) in [4.78, 5) is 15.1. The lowest BCUT2D eigenvalue weighted by atomic mass is 10.1. The monoisotopic (exact) mass is 503 g/mol. The molecule has 5 heterocycles. The predicted molar refractivity (Wildman–Crippen MR) is 121 cm³/mol. The number of hydrogen-bond donors (Lipinski definition) is 1. The zero-order valence-electron chi connectivity index (χ0n) is 17.1. The quantitative estimate of drug-likeness (QED) is 0.361. The molecule has 4 saturated heterocycles. The first-order valence-corrected chi connectivity index (χ1v) is 10.4. The number of aromatic nitrogens is 1. The lowest BCUT2D eigenvalue weighted by Crippen LogP contribution is -2.62. The molecule has 9 heteroatoms. The molecule has 1 atom stereocenters. The van der Waals surface area contributed by atoms with Crippen molar-refractivity contribution in [1.29, 1.82) is 0 Å². The number of fused-ring (bicyclic) bond motifs is 3. The summed E-state index contributed by atoms with van der Waals surface area (Å²) in [5.41, 5.74) is 1.03. The molecule has 0 amide bonds. The SMILES string of the molecule is CCNC(=NCC1CN2CCN1CC2)N1CCN(Cc2cc(C)on2)CC1.I. The van der Waals surface area contributed by atoms with Crippen LogP contribution in [0.15, 0.2) is 15.6 Å². The van der Waals surface area contributed by atoms with Crippen molar-refractivity contribution in [2.75, 3.05) is 72.0 Å². The van der Waals surface area contributed by atoms with E-state index in [1.165, 1.54) is 32.7 Å². The van der Waals surface area contributed by atoms with Gasteiger partial charge in [-0.1, -0.05) is 5.16 Å². The second-order valence-corrected chi connectivity index (χ2v) is 7.88. The lowest BCUT2D eigenvalue weighted by molar-refractivity contribution is 0.0173. The van der Waals surface area contributed by atoms with Crippen LogP contribution in [0, 0.1) is 6.92 Å². The van der Waals surface area contributed by atoms with Crippen LogP contribution in [0.1, 0.15) is 18.4 Å². The number of rotatable bonds is 5. The Morgan fingerprint density at radius 1 is 1.18 bits per heavy atom. The fourth-order valence-electron chi connectivity index (χ4n) is 4.35. The van der Waals surface area contributed by atoms with E-state index in [2.05, 4.69) is 37.0 Å². The summed E-state index contributed by atoms with van der Waals surface area (Å²) in [7, 11) is 0. The number of aryl methyl sites for hydroxylation is 1. The molecule has 1 aromatic rings. The van der Waals surface area contributed by atoms with Crippen LogP contribution in [-0.2, 0) is 6.54 Å². The summed E-state index contributed by atoms with van der Waals surface area (Å²) < 4.78 is 5.18. The van der Waals surface area contributed by atoms with Crippen molar-refractivity contribution in [3.8, 4) is 0 Å². The minimum absolute atomic E-state index is 0. The smallest absolute Gasteiger partial charge is 0.194 e. The zero-order valence-corrected chi connectivity index (χ0v) is 19.5. The highest BCUT2D eigenvalue weighted by atomic mass is 127. The summed E-state index contributed by atoms with van der Waals surface area (Å²) in [6.07, 6.45) is 0. The van der Waals surface area contributed by atoms with Gasteiger partial charge < -0.3 is 14.7 Å². The predicted octanol–water partition coefficient (Wildman–Crippen LogP) is 0.684. The highest BCUT2D eigenvalue weighted by Gasteiger charge is 2.31. The van der Waals surface area contributed by atoms with E-state index in [1.54, 1.807) is 0 Å². The normalized spacial score (nSPS) is 28.3. The third kappa shape index (κ3) is 5.37. The first-order valence-electron chi connectivity index (χ1n) is 10.4. The Morgan fingerprint density at radius 3 is 2.50 bits per heavy atom. The number of nitrogens with zero attached hydrogens (tertiary/aromatic N) is 6. The summed E-state index contributed by atoms with van der Waals surface area (Å²) in [5.74, 6) is 1.96. The van der Waals surface area contributed by atoms with E-state index in [9.17, 15) is 0 Å². The van der Waals surface area contributed by atoms with E-state index in [1.807, 2.05) is 13.0 Å². The second kappa shape index (κ2) is 10.2. The Hall–Kier alpha value is -0.910. The van der Waals surface area contributed by atoms with Crippen molar-refractivity contribution in [3.63, 3.8) is 0 Å². The van der Waals surface area contributed by atoms with Crippen molar-refractivity contribution in [1.82, 2.24) is 30.1 Å². The largest absolute Gasteiger partial charge is 0.361 e. The Labute approximate surface area is 185 Å². The standard InChI is InChI=1S/C19H33N7O.HI/c1-3-20-19(21-13-18-15-24-4-8-25(18)9-5-24)26-10-6-23(7-11-26)14-17-12-16(2)27-22-17;/h12,18H,3-11,13-15H2,1-2H3,(H,20,21);1H. The molecule has 158 valence electrons. The first-order chi connectivity index (χ1) is 13.2. The zero-order chi connectivity index (χ0) is 18.6. The molecule has 5 rings (SSSR count). The summed E-state index contributed by atoms with van der Waals surface area (Å²) >= 11 is 0. The van der Waals surface area contributed by atoms with Gasteiger partial charge in [-0.05, 0) is 13.8 Å². The van der Waals surface area contributed by atoms with Gasteiger partial charge in [0, 0.05) is 84.1 Å². The van der Waals surface area contributed by atoms with Gasteiger partial charge in [0.05, 0.1) is 12.2 Å². The van der Waals surface area contributed by atoms with Crippen LogP contribution >= 0.6 is 24.0 Å². The van der Waals surface area contributed by atoms with Crippen LogP contribution in [0.2, 0.25) is 0 Å². The van der Waals surface area contributed by atoms with Gasteiger partial charge in [0.1, 0.15) is 5.76 Å². The summed E-state index contributed by atoms with van der Waals surface area (Å²) in [6.45, 7) is 16.9. The van der Waals surface area contributed by atoms with Gasteiger partial charge >= 0.3 is 0 Å². The van der Waals surface area contributed by atoms with Crippen molar-refractivity contribution in [3.05, 3.63) is 17.5 Å². The molecule has 4 aliphatic heterocycles. The Kier molecular flexibility index (Phi) is 7.95. The number of guanidine groups is 1. The fourth-order valence-corrected chi connectivity index (χ4v) is 4.35. The molecule has 4 aliphatic rings. The molecule has 0 aromatic carbocycles. The molecule has 0 saturated carbocycles. The van der Waals surface area contributed by atoms with E-state index >= 15 is 0 Å². The molecular formula is C19H34IN7O. The van der Waals surface area contributed by atoms with Gasteiger partial charge in [-0.25, -0.2) is 0 Å². The van der Waals surface area contributed by atoms with Gasteiger partial charge in [-0.3, -0.25) is 19.7 Å². The van der Waals surface area contributed by atoms with E-state index < -0.39 is 0 Å². The lowest BCUT2D eigenvalue weighted by Gasteiger charge is -2.47. The van der Waals surface area contributed by atoms with E-state index in [0.29, 0.717) is 6.04 Å². The van der Waals surface area contributed by atoms with Gasteiger partial charge in [-0.2, -0.15) is 0 Å². The average Bonchev–Trinajstić information content (AvgIpc) is 3.11. The van der Waals surface area contributed by atoms with Gasteiger partial charge in [-0.15, -0.1) is 24.0 Å². The number of nitrogens with one attached hydrogen (secondary N) is 1. The summed E-state index contributed by atoms with van der Waals surface area (Å²) in [6, 6.07) is 2.61. The molecule has 0 radical (unpaired) electrons. The van der Waals surface area contributed by atoms with Gasteiger partial charge in [0.25, 0.3) is 0 Å². The van der Waals surface area contributed by atoms with E-state index in [0.717, 1.165) is 63.2 Å². The van der Waals surface area contributed by atoms with Crippen molar-refractivity contribution >= 4 is 29.9 Å². The van der Waals surface area contributed by atoms with E-state index in [-0.39, 0.29) is 24.0 Å². The average molecular weight is 503 g/mol. The molecular weight excluding hydrogens is 469 g/mol. The molecule has 2 bridgehead atoms. The van der Waals surface area contributed by atoms with Crippen LogP contribution < -0.4 is 5.32 Å². The highest BCUT2D eigenvalue weighted by molar-refractivity contribution is 14.0. The fraction of sp³-hybridized carbons (Fsp3) is 0.789. The van der Waals surface area contributed by atoms with Crippen molar-refractivity contribution < 1.29 is 4.52 Å². The third-order valence-electron chi connectivity index (χ3n) is 5.91. The van der Waals surface area contributed by atoms with Gasteiger partial charge in [0.15, 0.2) is 5.96 Å². The Bertz CT molecular complexity index is 636. The van der Waals surface area contributed by atoms with Crippen LogP contribution in [0.4, 0.5) is 0 Å². The number of aliphatic imine (C=N–C) groups is 1. The molecule has 1 unspecified atom stereocenters. The first kappa shape index (κ1) is 21.8. The maximum absolute atomic E-state index is 5.18. The minimum Gasteiger partial charge on any atom is -0.361 e. The molecule has 4 fully saturated rings. The van der Waals surface area contributed by atoms with Crippen LogP contribution in [-0.4, -0.2) is 109 Å². The highest BCUT2D eigenvalue weighted by Crippen LogP contribution is 2.16. The molecule has 8 nitrogen and oxygen atoms in total. The number of hydrogen-bond acceptors (Lipinski definition) is 6. The topological polar surface area (TPSA) is 63.4 Å². The minimum atomic E-state index is 0. The number of halogens is 1. The van der Waals surface area contributed by atoms with Gasteiger partial charge in [0.2, 0.25) is 0 Å². The van der Waals surface area contributed by atoms with E-state index in [4.69, 9.17) is 9.52 Å². The second-order valence-electron chi connectivity index (χ2n) is 7.88. The molecule has 1 N–H and O–H groups in total. The van der Waals surface area contributed by atoms with Crippen molar-refractivity contribution in [2.24, 2.45) is 4.99 Å². The summed E-state index contributed by atoms with van der Waals surface area (Å²) in [5, 5.41) is 7.62. The molecule has 0 spiro atoms. The van der Waals surface area contributed by atoms with Crippen LogP contribution in [0.25, 0.3) is 0 Å². The third-order valence-corrected chi connectivity index (χ3v) is 5.91. The number of piperazine rings is 4. The van der Waals surface area contributed by atoms with Crippen LogP contribution in [0.3, 0.4) is 0 Å². The molecule has 0 aliphatic carbocycles. The molecule has 28 heavy (non-hydrogen) atoms. The molecule has 1 aromatic heterocycles. The van der Waals surface area contributed by atoms with Crippen molar-refractivity contribution in [2.45, 2.75) is 26.4 Å². The Morgan fingerprint density at radius 2 is 1.93 bits per heavy atom.